The Balaban J connectivity index is 2.67. The van der Waals surface area contributed by atoms with Crippen molar-refractivity contribution in [1.29, 1.82) is 0 Å². The molecule has 1 unspecified atom stereocenters. The number of Topliss-reactive ketones (excluding diaryl/α,β-unsaturated/α-hetero) is 1. The summed E-state index contributed by atoms with van der Waals surface area (Å²) in [7, 11) is 0. The second-order valence-electron chi connectivity index (χ2n) is 2.75. The van der Waals surface area contributed by atoms with Gasteiger partial charge in [0.2, 0.25) is 0 Å². The minimum atomic E-state index is -0.0875. The number of hydrogen-bond acceptors (Lipinski definition) is 3. The van der Waals surface area contributed by atoms with Crippen LogP contribution in [0, 0.1) is 0 Å². The van der Waals surface area contributed by atoms with Gasteiger partial charge >= 0.3 is 0 Å². The second kappa shape index (κ2) is 4.88. The van der Waals surface area contributed by atoms with Crippen molar-refractivity contribution in [3.63, 3.8) is 0 Å². The average Bonchev–Trinajstić information content (AvgIpc) is 2.51. The van der Waals surface area contributed by atoms with Crippen molar-refractivity contribution in [1.82, 2.24) is 5.32 Å². The van der Waals surface area contributed by atoms with Crippen molar-refractivity contribution in [2.24, 2.45) is 0 Å². The van der Waals surface area contributed by atoms with E-state index in [1.54, 1.807) is 0 Å². The molecule has 1 N–H and O–H groups in total. The van der Waals surface area contributed by atoms with Gasteiger partial charge in [-0.25, -0.2) is 0 Å². The Bertz CT molecular complexity index is 298. The number of carbonyl (C=O) groups is 1. The molecule has 0 saturated heterocycles. The van der Waals surface area contributed by atoms with Crippen molar-refractivity contribution in [2.75, 3.05) is 6.54 Å². The molecule has 0 spiro atoms. The Kier molecular flexibility index (Phi) is 4.09. The molecule has 1 heterocycles. The van der Waals surface area contributed by atoms with Gasteiger partial charge in [0, 0.05) is 0 Å². The lowest BCUT2D eigenvalue weighted by Crippen LogP contribution is -2.33. The van der Waals surface area contributed by atoms with Crippen LogP contribution in [0.3, 0.4) is 0 Å². The topological polar surface area (TPSA) is 29.1 Å². The van der Waals surface area contributed by atoms with E-state index in [-0.39, 0.29) is 11.8 Å². The van der Waals surface area contributed by atoms with E-state index in [0.717, 1.165) is 15.2 Å². The van der Waals surface area contributed by atoms with Crippen molar-refractivity contribution < 1.29 is 4.79 Å². The summed E-state index contributed by atoms with van der Waals surface area (Å²) in [6, 6.07) is 3.66. The number of likely N-dealkylation sites (N-methyl/N-ethyl adjacent to an activating group) is 1. The van der Waals surface area contributed by atoms with E-state index < -0.39 is 0 Å². The number of carbonyl (C=O) groups excluding carboxylic acids is 1. The number of ketones is 1. The first kappa shape index (κ1) is 10.9. The average molecular weight is 262 g/mol. The van der Waals surface area contributed by atoms with E-state index in [4.69, 9.17) is 0 Å². The molecule has 0 amide bonds. The maximum atomic E-state index is 11.7. The van der Waals surface area contributed by atoms with Crippen LogP contribution in [0.2, 0.25) is 0 Å². The van der Waals surface area contributed by atoms with E-state index >= 15 is 0 Å². The van der Waals surface area contributed by atoms with Gasteiger partial charge in [-0.3, -0.25) is 4.79 Å². The van der Waals surface area contributed by atoms with E-state index in [1.165, 1.54) is 11.3 Å². The normalized spacial score (nSPS) is 12.8. The maximum absolute atomic E-state index is 11.7. The van der Waals surface area contributed by atoms with Crippen LogP contribution in [0.4, 0.5) is 0 Å². The van der Waals surface area contributed by atoms with Crippen LogP contribution in [0.1, 0.15) is 23.5 Å². The molecule has 1 rings (SSSR count). The first-order valence-electron chi connectivity index (χ1n) is 4.18. The van der Waals surface area contributed by atoms with Crippen molar-refractivity contribution >= 4 is 33.0 Å². The fraction of sp³-hybridized carbons (Fsp3) is 0.444. The zero-order valence-corrected chi connectivity index (χ0v) is 10.0. The Labute approximate surface area is 90.5 Å². The molecule has 0 aliphatic carbocycles. The highest BCUT2D eigenvalue weighted by molar-refractivity contribution is 9.11. The lowest BCUT2D eigenvalue weighted by molar-refractivity contribution is 0.0956. The molecule has 1 atom stereocenters. The molecule has 0 saturated carbocycles. The van der Waals surface area contributed by atoms with Gasteiger partial charge in [0.25, 0.3) is 0 Å². The van der Waals surface area contributed by atoms with Crippen LogP contribution in [-0.4, -0.2) is 18.4 Å². The Morgan fingerprint density at radius 2 is 2.38 bits per heavy atom. The van der Waals surface area contributed by atoms with Crippen LogP contribution in [0.5, 0.6) is 0 Å². The van der Waals surface area contributed by atoms with Crippen molar-refractivity contribution in [3.05, 3.63) is 20.8 Å². The highest BCUT2D eigenvalue weighted by atomic mass is 79.9. The molecule has 0 radical (unpaired) electrons. The largest absolute Gasteiger partial charge is 0.308 e. The third kappa shape index (κ3) is 2.90. The molecular weight excluding hydrogens is 250 g/mol. The summed E-state index contributed by atoms with van der Waals surface area (Å²) in [4.78, 5) is 12.5. The summed E-state index contributed by atoms with van der Waals surface area (Å²) in [5, 5.41) is 3.09. The van der Waals surface area contributed by atoms with Gasteiger partial charge in [-0.1, -0.05) is 6.92 Å². The molecule has 1 aromatic rings. The minimum absolute atomic E-state index is 0.0875. The zero-order chi connectivity index (χ0) is 9.84. The molecule has 0 aromatic carbocycles. The van der Waals surface area contributed by atoms with E-state index in [1.807, 2.05) is 26.0 Å². The molecule has 1 aromatic heterocycles. The highest BCUT2D eigenvalue weighted by Crippen LogP contribution is 2.23. The van der Waals surface area contributed by atoms with E-state index in [2.05, 4.69) is 21.2 Å². The number of hydrogen-bond donors (Lipinski definition) is 1. The molecule has 0 bridgehead atoms. The Morgan fingerprint density at radius 3 is 2.85 bits per heavy atom. The number of nitrogens with one attached hydrogen (secondary N) is 1. The summed E-state index contributed by atoms with van der Waals surface area (Å²) < 4.78 is 1.000. The third-order valence-corrected chi connectivity index (χ3v) is 3.36. The maximum Gasteiger partial charge on any atom is 0.189 e. The minimum Gasteiger partial charge on any atom is -0.308 e. The molecule has 72 valence electrons. The molecule has 13 heavy (non-hydrogen) atoms. The summed E-state index contributed by atoms with van der Waals surface area (Å²) in [5.41, 5.74) is 0. The molecule has 0 aliphatic heterocycles. The predicted molar refractivity (Wildman–Crippen MR) is 59.5 cm³/mol. The third-order valence-electron chi connectivity index (χ3n) is 1.72. The first-order chi connectivity index (χ1) is 6.15. The smallest absolute Gasteiger partial charge is 0.189 e. The summed E-state index contributed by atoms with van der Waals surface area (Å²) in [6.07, 6.45) is 0. The summed E-state index contributed by atoms with van der Waals surface area (Å²) >= 11 is 4.81. The SMILES string of the molecule is CCNC(C)C(=O)c1ccc(Br)s1. The van der Waals surface area contributed by atoms with Crippen LogP contribution in [0.25, 0.3) is 0 Å². The fourth-order valence-electron chi connectivity index (χ4n) is 1.06. The van der Waals surface area contributed by atoms with Crippen LogP contribution < -0.4 is 5.32 Å². The number of rotatable bonds is 4. The Morgan fingerprint density at radius 1 is 1.69 bits per heavy atom. The van der Waals surface area contributed by atoms with Gasteiger partial charge in [-0.15, -0.1) is 11.3 Å². The van der Waals surface area contributed by atoms with Crippen LogP contribution in [0.15, 0.2) is 15.9 Å². The molecule has 4 heteroatoms. The standard InChI is InChI=1S/C9H12BrNOS/c1-3-11-6(2)9(12)7-4-5-8(10)13-7/h4-6,11H,3H2,1-2H3. The lowest BCUT2D eigenvalue weighted by Gasteiger charge is -2.08. The van der Waals surface area contributed by atoms with Gasteiger partial charge in [0.15, 0.2) is 5.78 Å². The molecule has 0 fully saturated rings. The number of thiophene rings is 1. The number of halogens is 1. The molecular formula is C9H12BrNOS. The monoisotopic (exact) mass is 261 g/mol. The van der Waals surface area contributed by atoms with E-state index in [0.29, 0.717) is 0 Å². The van der Waals surface area contributed by atoms with Crippen LogP contribution >= 0.6 is 27.3 Å². The summed E-state index contributed by atoms with van der Waals surface area (Å²) in [5.74, 6) is 0.164. The fourth-order valence-corrected chi connectivity index (χ4v) is 2.47. The quantitative estimate of drug-likeness (QED) is 0.845. The van der Waals surface area contributed by atoms with Crippen molar-refractivity contribution in [2.45, 2.75) is 19.9 Å². The van der Waals surface area contributed by atoms with Gasteiger partial charge in [-0.05, 0) is 41.5 Å². The Hall–Kier alpha value is -0.190. The summed E-state index contributed by atoms with van der Waals surface area (Å²) in [6.45, 7) is 4.70. The zero-order valence-electron chi connectivity index (χ0n) is 7.63. The van der Waals surface area contributed by atoms with Crippen molar-refractivity contribution in [3.8, 4) is 0 Å². The molecule has 2 nitrogen and oxygen atoms in total. The van der Waals surface area contributed by atoms with Gasteiger partial charge in [0.1, 0.15) is 0 Å². The van der Waals surface area contributed by atoms with Crippen LogP contribution in [-0.2, 0) is 0 Å². The van der Waals surface area contributed by atoms with Gasteiger partial charge in [0.05, 0.1) is 14.7 Å². The predicted octanol–water partition coefficient (Wildman–Crippen LogP) is 2.69. The van der Waals surface area contributed by atoms with Gasteiger partial charge < -0.3 is 5.32 Å². The van der Waals surface area contributed by atoms with Gasteiger partial charge in [-0.2, -0.15) is 0 Å². The van der Waals surface area contributed by atoms with E-state index in [9.17, 15) is 4.79 Å². The molecule has 0 aliphatic rings. The first-order valence-corrected chi connectivity index (χ1v) is 5.79. The highest BCUT2D eigenvalue weighted by Gasteiger charge is 2.15. The second-order valence-corrected chi connectivity index (χ2v) is 5.21. The lowest BCUT2D eigenvalue weighted by atomic mass is 10.2.